The smallest absolute Gasteiger partial charge is 0.215 e. The first-order chi connectivity index (χ1) is 9.02. The summed E-state index contributed by atoms with van der Waals surface area (Å²) in [7, 11) is 3.75. The number of hydrogen-bond donors (Lipinski definition) is 1. The highest BCUT2D eigenvalue weighted by Gasteiger charge is 2.18. The van der Waals surface area contributed by atoms with Crippen LogP contribution in [0.3, 0.4) is 0 Å². The molecule has 2 aromatic heterocycles. The lowest BCUT2D eigenvalue weighted by atomic mass is 10.1. The number of rotatable bonds is 5. The zero-order valence-electron chi connectivity index (χ0n) is 11.7. The molecular weight excluding hydrogens is 262 g/mol. The second kappa shape index (κ2) is 5.70. The summed E-state index contributed by atoms with van der Waals surface area (Å²) in [6.07, 6.45) is 1.77. The Bertz CT molecular complexity index is 559. The Kier molecular flexibility index (Phi) is 4.20. The summed E-state index contributed by atoms with van der Waals surface area (Å²) in [6, 6.07) is 0.153. The van der Waals surface area contributed by atoms with E-state index < -0.39 is 0 Å². The highest BCUT2D eigenvalue weighted by molar-refractivity contribution is 7.99. The number of aromatic nitrogens is 6. The van der Waals surface area contributed by atoms with Crippen LogP contribution < -0.4 is 5.73 Å². The van der Waals surface area contributed by atoms with Crippen molar-refractivity contribution in [3.8, 4) is 0 Å². The summed E-state index contributed by atoms with van der Waals surface area (Å²) in [4.78, 5) is 0. The highest BCUT2D eigenvalue weighted by Crippen LogP contribution is 2.30. The van der Waals surface area contributed by atoms with Gasteiger partial charge in [0.2, 0.25) is 5.16 Å². The predicted molar refractivity (Wildman–Crippen MR) is 72.8 cm³/mol. The molecule has 0 aromatic carbocycles. The third-order valence-electron chi connectivity index (χ3n) is 3.05. The molecule has 0 aliphatic heterocycles. The third kappa shape index (κ3) is 2.95. The van der Waals surface area contributed by atoms with Crippen LogP contribution in [0.2, 0.25) is 0 Å². The number of nitrogens with two attached hydrogens (primary N) is 1. The maximum Gasteiger partial charge on any atom is 0.215 e. The van der Waals surface area contributed by atoms with Crippen LogP contribution in [-0.2, 0) is 20.5 Å². The van der Waals surface area contributed by atoms with E-state index in [1.807, 2.05) is 25.7 Å². The van der Waals surface area contributed by atoms with Crippen LogP contribution in [0.25, 0.3) is 0 Å². The van der Waals surface area contributed by atoms with Crippen LogP contribution in [-0.4, -0.2) is 36.0 Å². The first kappa shape index (κ1) is 14.0. The van der Waals surface area contributed by atoms with Gasteiger partial charge in [0.1, 0.15) is 5.03 Å². The molecule has 0 radical (unpaired) electrons. The zero-order chi connectivity index (χ0) is 14.0. The van der Waals surface area contributed by atoms with Crippen molar-refractivity contribution in [1.82, 2.24) is 30.0 Å². The largest absolute Gasteiger partial charge is 0.327 e. The number of tetrazole rings is 1. The van der Waals surface area contributed by atoms with E-state index in [-0.39, 0.29) is 6.04 Å². The van der Waals surface area contributed by atoms with Gasteiger partial charge in [-0.05, 0) is 42.0 Å². The molecule has 2 heterocycles. The molecule has 104 valence electrons. The van der Waals surface area contributed by atoms with Crippen molar-refractivity contribution in [1.29, 1.82) is 0 Å². The fraction of sp³-hybridized carbons (Fsp3) is 0.636. The first-order valence-electron chi connectivity index (χ1n) is 6.21. The minimum atomic E-state index is 0.153. The molecule has 7 nitrogen and oxygen atoms in total. The standard InChI is InChI=1S/C11H19N7S/c1-5-8(12)6-9-7(2)14-17(3)10(9)19-11-13-15-16-18(11)4/h8H,5-6,12H2,1-4H3. The molecular formula is C11H19N7S. The first-order valence-corrected chi connectivity index (χ1v) is 7.02. The Hall–Kier alpha value is -1.41. The van der Waals surface area contributed by atoms with Crippen LogP contribution in [0.15, 0.2) is 10.2 Å². The molecule has 0 amide bonds. The normalized spacial score (nSPS) is 12.9. The van der Waals surface area contributed by atoms with Crippen molar-refractivity contribution < 1.29 is 0 Å². The number of nitrogens with zero attached hydrogens (tertiary/aromatic N) is 6. The van der Waals surface area contributed by atoms with Crippen LogP contribution in [0.1, 0.15) is 24.6 Å². The lowest BCUT2D eigenvalue weighted by Crippen LogP contribution is -2.22. The SMILES string of the molecule is CCC(N)Cc1c(C)nn(C)c1Sc1nnnn1C. The van der Waals surface area contributed by atoms with Crippen molar-refractivity contribution >= 4 is 11.8 Å². The van der Waals surface area contributed by atoms with Crippen molar-refractivity contribution in [3.05, 3.63) is 11.3 Å². The van der Waals surface area contributed by atoms with E-state index in [2.05, 4.69) is 27.5 Å². The molecule has 0 aliphatic carbocycles. The lowest BCUT2D eigenvalue weighted by Gasteiger charge is -2.10. The average Bonchev–Trinajstić information content (AvgIpc) is 2.88. The van der Waals surface area contributed by atoms with E-state index in [0.717, 1.165) is 28.7 Å². The molecule has 2 rings (SSSR count). The number of hydrogen-bond acceptors (Lipinski definition) is 6. The van der Waals surface area contributed by atoms with Gasteiger partial charge in [0, 0.05) is 25.7 Å². The van der Waals surface area contributed by atoms with Crippen LogP contribution >= 0.6 is 11.8 Å². The molecule has 1 atom stereocenters. The van der Waals surface area contributed by atoms with Gasteiger partial charge in [-0.2, -0.15) is 5.10 Å². The molecule has 0 saturated heterocycles. The molecule has 0 saturated carbocycles. The van der Waals surface area contributed by atoms with Gasteiger partial charge in [0.05, 0.1) is 5.69 Å². The maximum absolute atomic E-state index is 6.06. The van der Waals surface area contributed by atoms with Gasteiger partial charge >= 0.3 is 0 Å². The van der Waals surface area contributed by atoms with Gasteiger partial charge in [0.25, 0.3) is 0 Å². The fourth-order valence-corrected chi connectivity index (χ4v) is 2.79. The molecule has 2 N–H and O–H groups in total. The van der Waals surface area contributed by atoms with E-state index in [1.165, 1.54) is 17.3 Å². The average molecular weight is 281 g/mol. The highest BCUT2D eigenvalue weighted by atomic mass is 32.2. The summed E-state index contributed by atoms with van der Waals surface area (Å²) >= 11 is 1.52. The van der Waals surface area contributed by atoms with E-state index >= 15 is 0 Å². The van der Waals surface area contributed by atoms with Crippen molar-refractivity contribution in [2.45, 2.75) is 42.9 Å². The molecule has 0 bridgehead atoms. The fourth-order valence-electron chi connectivity index (χ4n) is 1.84. The van der Waals surface area contributed by atoms with Gasteiger partial charge in [-0.15, -0.1) is 5.10 Å². The summed E-state index contributed by atoms with van der Waals surface area (Å²) < 4.78 is 3.52. The Labute approximate surface area is 116 Å². The van der Waals surface area contributed by atoms with E-state index in [4.69, 9.17) is 5.73 Å². The Morgan fingerprint density at radius 1 is 1.32 bits per heavy atom. The van der Waals surface area contributed by atoms with Gasteiger partial charge in [0.15, 0.2) is 0 Å². The summed E-state index contributed by atoms with van der Waals surface area (Å²) in [6.45, 7) is 4.10. The maximum atomic E-state index is 6.06. The van der Waals surface area contributed by atoms with Crippen LogP contribution in [0, 0.1) is 6.92 Å². The van der Waals surface area contributed by atoms with E-state index in [9.17, 15) is 0 Å². The van der Waals surface area contributed by atoms with E-state index in [0.29, 0.717) is 0 Å². The minimum Gasteiger partial charge on any atom is -0.327 e. The molecule has 2 aromatic rings. The van der Waals surface area contributed by atoms with Crippen molar-refractivity contribution in [2.24, 2.45) is 19.8 Å². The second-order valence-electron chi connectivity index (χ2n) is 4.55. The zero-order valence-corrected chi connectivity index (χ0v) is 12.5. The van der Waals surface area contributed by atoms with Crippen molar-refractivity contribution in [2.75, 3.05) is 0 Å². The molecule has 0 fully saturated rings. The Morgan fingerprint density at radius 3 is 2.63 bits per heavy atom. The Balaban J connectivity index is 2.31. The second-order valence-corrected chi connectivity index (χ2v) is 5.51. The predicted octanol–water partition coefficient (Wildman–Crippen LogP) is 0.683. The quantitative estimate of drug-likeness (QED) is 0.867. The Morgan fingerprint density at radius 2 is 2.05 bits per heavy atom. The third-order valence-corrected chi connectivity index (χ3v) is 4.28. The van der Waals surface area contributed by atoms with Gasteiger partial charge in [-0.25, -0.2) is 4.68 Å². The van der Waals surface area contributed by atoms with Crippen LogP contribution in [0.4, 0.5) is 0 Å². The molecule has 0 aliphatic rings. The summed E-state index contributed by atoms with van der Waals surface area (Å²) in [5.74, 6) is 0. The molecule has 0 spiro atoms. The topological polar surface area (TPSA) is 87.4 Å². The minimum absolute atomic E-state index is 0.153. The van der Waals surface area contributed by atoms with Crippen molar-refractivity contribution in [3.63, 3.8) is 0 Å². The lowest BCUT2D eigenvalue weighted by molar-refractivity contribution is 0.629. The summed E-state index contributed by atoms with van der Waals surface area (Å²) in [5, 5.41) is 17.8. The molecule has 1 unspecified atom stereocenters. The van der Waals surface area contributed by atoms with Gasteiger partial charge in [-0.3, -0.25) is 4.68 Å². The molecule has 19 heavy (non-hydrogen) atoms. The van der Waals surface area contributed by atoms with E-state index in [1.54, 1.807) is 4.68 Å². The molecule has 8 heteroatoms. The van der Waals surface area contributed by atoms with Gasteiger partial charge in [-0.1, -0.05) is 6.92 Å². The van der Waals surface area contributed by atoms with Gasteiger partial charge < -0.3 is 5.73 Å². The van der Waals surface area contributed by atoms with Crippen LogP contribution in [0.5, 0.6) is 0 Å². The number of aryl methyl sites for hydroxylation is 3. The summed E-state index contributed by atoms with van der Waals surface area (Å²) in [5.41, 5.74) is 8.27. The monoisotopic (exact) mass is 281 g/mol.